The zero-order valence-corrected chi connectivity index (χ0v) is 67.3. The van der Waals surface area contributed by atoms with Gasteiger partial charge >= 0.3 is 39.5 Å². The first-order valence-electron chi connectivity index (χ1n) is 42.0. The molecule has 0 aliphatic heterocycles. The number of phosphoric ester groups is 2. The lowest BCUT2D eigenvalue weighted by Crippen LogP contribution is -2.30. The summed E-state index contributed by atoms with van der Waals surface area (Å²) in [7, 11) is -9.92. The third-order valence-corrected chi connectivity index (χ3v) is 21.2. The Bertz CT molecular complexity index is 1930. The third kappa shape index (κ3) is 73.0. The van der Waals surface area contributed by atoms with E-state index in [1.54, 1.807) is 0 Å². The van der Waals surface area contributed by atoms with E-state index in [0.717, 1.165) is 108 Å². The molecule has 0 aliphatic carbocycles. The summed E-state index contributed by atoms with van der Waals surface area (Å²) in [5.74, 6) is -0.450. The van der Waals surface area contributed by atoms with Gasteiger partial charge in [-0.25, -0.2) is 9.13 Å². The van der Waals surface area contributed by atoms with E-state index in [0.29, 0.717) is 25.7 Å². The van der Waals surface area contributed by atoms with Crippen LogP contribution in [0.3, 0.4) is 0 Å². The molecule has 0 aliphatic rings. The predicted molar refractivity (Wildman–Crippen MR) is 409 cm³/mol. The highest BCUT2D eigenvalue weighted by Gasteiger charge is 2.30. The second kappa shape index (κ2) is 72.6. The Hall–Kier alpha value is -1.94. The van der Waals surface area contributed by atoms with Gasteiger partial charge in [0.15, 0.2) is 12.2 Å². The number of ether oxygens (including phenoxy) is 4. The largest absolute Gasteiger partial charge is 0.472 e. The van der Waals surface area contributed by atoms with Gasteiger partial charge in [0, 0.05) is 25.7 Å². The van der Waals surface area contributed by atoms with Crippen molar-refractivity contribution in [3.63, 3.8) is 0 Å². The molecule has 0 aromatic rings. The molecule has 3 N–H and O–H groups in total. The quantitative estimate of drug-likeness (QED) is 0.0222. The smallest absolute Gasteiger partial charge is 0.462 e. The number of aliphatic hydroxyl groups excluding tert-OH is 1. The molecule has 0 amide bonds. The molecule has 19 heteroatoms. The molecule has 0 rings (SSSR count). The fraction of sp³-hybridized carbons (Fsp3) is 0.951. The number of aliphatic hydroxyl groups is 1. The van der Waals surface area contributed by atoms with E-state index < -0.39 is 97.5 Å². The number of carbonyl (C=O) groups is 4. The minimum Gasteiger partial charge on any atom is -0.462 e. The molecular weight excluding hydrogens is 1310 g/mol. The monoisotopic (exact) mass is 1470 g/mol. The summed E-state index contributed by atoms with van der Waals surface area (Å²) in [6.07, 6.45) is 62.4. The van der Waals surface area contributed by atoms with Crippen LogP contribution in [0.1, 0.15) is 427 Å². The molecular formula is C81H158O17P2. The minimum atomic E-state index is -4.96. The highest BCUT2D eigenvalue weighted by atomic mass is 31.2. The molecule has 0 heterocycles. The maximum atomic E-state index is 13.1. The van der Waals surface area contributed by atoms with E-state index in [-0.39, 0.29) is 25.7 Å². The van der Waals surface area contributed by atoms with Crippen LogP contribution in [-0.2, 0) is 65.4 Å². The summed E-state index contributed by atoms with van der Waals surface area (Å²) in [4.78, 5) is 72.9. The van der Waals surface area contributed by atoms with Crippen molar-refractivity contribution in [2.45, 2.75) is 445 Å². The molecule has 0 radical (unpaired) electrons. The number of hydrogen-bond donors (Lipinski definition) is 3. The average molecular weight is 1470 g/mol. The lowest BCUT2D eigenvalue weighted by molar-refractivity contribution is -0.161. The van der Waals surface area contributed by atoms with Crippen LogP contribution in [0.2, 0.25) is 0 Å². The Morgan fingerprint density at radius 1 is 0.290 bits per heavy atom. The molecule has 0 spiro atoms. The van der Waals surface area contributed by atoms with Crippen LogP contribution >= 0.6 is 15.6 Å². The number of esters is 4. The summed E-state index contributed by atoms with van der Waals surface area (Å²) in [5, 5.41) is 10.6. The minimum absolute atomic E-state index is 0.108. The zero-order valence-electron chi connectivity index (χ0n) is 65.5. The van der Waals surface area contributed by atoms with Crippen LogP contribution in [-0.4, -0.2) is 96.7 Å². The number of phosphoric acid groups is 2. The Labute approximate surface area is 613 Å². The van der Waals surface area contributed by atoms with E-state index in [2.05, 4.69) is 41.5 Å². The van der Waals surface area contributed by atoms with Crippen LogP contribution in [0.15, 0.2) is 0 Å². The fourth-order valence-electron chi connectivity index (χ4n) is 12.5. The fourth-order valence-corrected chi connectivity index (χ4v) is 14.1. The number of rotatable bonds is 80. The van der Waals surface area contributed by atoms with Crippen LogP contribution < -0.4 is 0 Å². The third-order valence-electron chi connectivity index (χ3n) is 19.3. The standard InChI is InChI=1S/C81H158O17P2/c1-7-10-12-14-16-18-19-20-23-31-36-41-47-53-59-65-80(85)97-76(69-91-78(83)63-57-51-45-17-15-13-11-8-2)71-95-99(87,88)93-67-75(82)68-94-100(89,90)96-72-77(70-92-79(84)64-58-52-46-40-35-30-27-26-29-34-39-44-50-56-62-74(6)9-3)98-81(86)66-60-54-48-42-37-32-25-22-21-24-28-33-38-43-49-55-61-73(4)5/h73-77,82H,7-72H2,1-6H3,(H,87,88)(H,89,90)/t74?,75-,76+,77+/m0/s1. The van der Waals surface area contributed by atoms with Crippen molar-refractivity contribution in [1.29, 1.82) is 0 Å². The van der Waals surface area contributed by atoms with Crippen molar-refractivity contribution in [3.8, 4) is 0 Å². The second-order valence-electron chi connectivity index (χ2n) is 29.9. The van der Waals surface area contributed by atoms with E-state index in [1.807, 2.05) is 0 Å². The maximum Gasteiger partial charge on any atom is 0.472 e. The first-order valence-corrected chi connectivity index (χ1v) is 45.0. The normalized spacial score (nSPS) is 14.2. The van der Waals surface area contributed by atoms with Gasteiger partial charge in [0.2, 0.25) is 0 Å². The van der Waals surface area contributed by atoms with Gasteiger partial charge in [0.1, 0.15) is 19.3 Å². The van der Waals surface area contributed by atoms with Gasteiger partial charge in [-0.05, 0) is 37.5 Å². The molecule has 100 heavy (non-hydrogen) atoms. The van der Waals surface area contributed by atoms with Crippen LogP contribution in [0.4, 0.5) is 0 Å². The van der Waals surface area contributed by atoms with Gasteiger partial charge in [-0.15, -0.1) is 0 Å². The van der Waals surface area contributed by atoms with Gasteiger partial charge in [-0.3, -0.25) is 37.3 Å². The highest BCUT2D eigenvalue weighted by molar-refractivity contribution is 7.47. The molecule has 0 fully saturated rings. The molecule has 0 bridgehead atoms. The molecule has 3 unspecified atom stereocenters. The maximum absolute atomic E-state index is 13.1. The lowest BCUT2D eigenvalue weighted by atomic mass is 9.99. The summed E-state index contributed by atoms with van der Waals surface area (Å²) < 4.78 is 68.7. The van der Waals surface area contributed by atoms with Gasteiger partial charge in [0.25, 0.3) is 0 Å². The number of carbonyl (C=O) groups excluding carboxylic acids is 4. The topological polar surface area (TPSA) is 237 Å². The van der Waals surface area contributed by atoms with E-state index in [4.69, 9.17) is 37.0 Å². The molecule has 6 atom stereocenters. The van der Waals surface area contributed by atoms with Gasteiger partial charge in [0.05, 0.1) is 26.4 Å². The molecule has 0 aromatic carbocycles. The van der Waals surface area contributed by atoms with Crippen molar-refractivity contribution < 1.29 is 80.2 Å². The first-order chi connectivity index (χ1) is 48.4. The summed E-state index contributed by atoms with van der Waals surface area (Å²) in [5.41, 5.74) is 0. The van der Waals surface area contributed by atoms with Crippen molar-refractivity contribution >= 4 is 39.5 Å². The summed E-state index contributed by atoms with van der Waals surface area (Å²) >= 11 is 0. The van der Waals surface area contributed by atoms with E-state index in [1.165, 1.54) is 238 Å². The Kier molecular flexibility index (Phi) is 71.2. The Morgan fingerprint density at radius 3 is 0.760 bits per heavy atom. The second-order valence-corrected chi connectivity index (χ2v) is 32.8. The molecule has 594 valence electrons. The Balaban J connectivity index is 5.21. The van der Waals surface area contributed by atoms with Gasteiger partial charge in [-0.2, -0.15) is 0 Å². The van der Waals surface area contributed by atoms with Crippen molar-refractivity contribution in [1.82, 2.24) is 0 Å². The first kappa shape index (κ1) is 98.1. The molecule has 0 aromatic heterocycles. The zero-order chi connectivity index (χ0) is 73.5. The lowest BCUT2D eigenvalue weighted by Gasteiger charge is -2.21. The van der Waals surface area contributed by atoms with Crippen LogP contribution in [0.5, 0.6) is 0 Å². The summed E-state index contributed by atoms with van der Waals surface area (Å²) in [6.45, 7) is 9.70. The number of hydrogen-bond acceptors (Lipinski definition) is 15. The molecule has 0 saturated carbocycles. The van der Waals surface area contributed by atoms with E-state index in [9.17, 15) is 43.2 Å². The molecule has 17 nitrogen and oxygen atoms in total. The van der Waals surface area contributed by atoms with Crippen molar-refractivity contribution in [2.75, 3.05) is 39.6 Å². The predicted octanol–water partition coefficient (Wildman–Crippen LogP) is 24.3. The highest BCUT2D eigenvalue weighted by Crippen LogP contribution is 2.45. The van der Waals surface area contributed by atoms with Crippen molar-refractivity contribution in [3.05, 3.63) is 0 Å². The number of unbranched alkanes of at least 4 members (excludes halogenated alkanes) is 49. The molecule has 0 saturated heterocycles. The van der Waals surface area contributed by atoms with E-state index >= 15 is 0 Å². The average Bonchev–Trinajstić information content (AvgIpc) is 0.940. The van der Waals surface area contributed by atoms with Gasteiger partial charge < -0.3 is 33.8 Å². The Morgan fingerprint density at radius 2 is 0.510 bits per heavy atom. The van der Waals surface area contributed by atoms with Crippen molar-refractivity contribution in [2.24, 2.45) is 11.8 Å². The van der Waals surface area contributed by atoms with Gasteiger partial charge in [-0.1, -0.05) is 375 Å². The van der Waals surface area contributed by atoms with Crippen LogP contribution in [0.25, 0.3) is 0 Å². The summed E-state index contributed by atoms with van der Waals surface area (Å²) in [6, 6.07) is 0. The SMILES string of the molecule is CCCCCCCCCCCCCCCCCC(=O)O[C@H](COC(=O)CCCCCCCCCC)COP(=O)(O)OC[C@H](O)COP(=O)(O)OC[C@@H](COC(=O)CCCCCCCCCCCCCCCCC(C)CC)OC(=O)CCCCCCCCCCCCCCCCCCC(C)C. The van der Waals surface area contributed by atoms with Crippen LogP contribution in [0, 0.1) is 11.8 Å².